The highest BCUT2D eigenvalue weighted by Crippen LogP contribution is 2.31. The third-order valence-electron chi connectivity index (χ3n) is 4.17. The van der Waals surface area contributed by atoms with E-state index in [4.69, 9.17) is 0 Å². The van der Waals surface area contributed by atoms with Crippen LogP contribution in [0.4, 0.5) is 0 Å². The Morgan fingerprint density at radius 3 is 2.62 bits per heavy atom. The molecule has 0 atom stereocenters. The van der Waals surface area contributed by atoms with Gasteiger partial charge in [-0.3, -0.25) is 4.98 Å². The molecule has 120 valence electrons. The van der Waals surface area contributed by atoms with E-state index >= 15 is 0 Å². The van der Waals surface area contributed by atoms with E-state index in [0.717, 1.165) is 22.0 Å². The van der Waals surface area contributed by atoms with Gasteiger partial charge in [-0.05, 0) is 53.8 Å². The molecule has 0 bridgehead atoms. The number of aromatic nitrogens is 1. The summed E-state index contributed by atoms with van der Waals surface area (Å²) in [5.41, 5.74) is 6.33. The molecule has 0 saturated heterocycles. The number of aryl methyl sites for hydroxylation is 1. The first-order chi connectivity index (χ1) is 11.6. The van der Waals surface area contributed by atoms with Gasteiger partial charge >= 0.3 is 5.97 Å². The molecule has 0 aliphatic rings. The molecule has 1 heterocycles. The van der Waals surface area contributed by atoms with Crippen molar-refractivity contribution in [3.63, 3.8) is 0 Å². The number of esters is 1. The van der Waals surface area contributed by atoms with Gasteiger partial charge in [-0.15, -0.1) is 0 Å². The summed E-state index contributed by atoms with van der Waals surface area (Å²) in [6, 6.07) is 16.5. The number of rotatable bonds is 3. The quantitative estimate of drug-likeness (QED) is 0.515. The number of benzene rings is 2. The molecule has 3 aromatic rings. The first-order valence-corrected chi connectivity index (χ1v) is 7.81. The molecule has 0 aliphatic heterocycles. The predicted molar refractivity (Wildman–Crippen MR) is 97.6 cm³/mol. The number of methoxy groups -OCH3 is 1. The number of hydrogen-bond acceptors (Lipinski definition) is 3. The molecule has 2 aromatic carbocycles. The second kappa shape index (κ2) is 6.67. The number of hydrogen-bond donors (Lipinski definition) is 0. The molecule has 0 saturated carbocycles. The summed E-state index contributed by atoms with van der Waals surface area (Å²) in [6.07, 6.45) is 3.32. The van der Waals surface area contributed by atoms with Crippen LogP contribution in [0.25, 0.3) is 27.6 Å². The van der Waals surface area contributed by atoms with Gasteiger partial charge in [-0.25, -0.2) is 4.79 Å². The maximum absolute atomic E-state index is 11.4. The molecular formula is C21H19NO2. The summed E-state index contributed by atoms with van der Waals surface area (Å²) in [6.45, 7) is 4.00. The number of ether oxygens (including phenoxy) is 1. The van der Waals surface area contributed by atoms with Crippen LogP contribution in [0.15, 0.2) is 60.8 Å². The molecule has 1 aromatic heterocycles. The standard InChI is InChI=1S/C21H19NO2/c1-14-6-4-5-7-17(14)18-10-11-22-20-13-16(8-9-19(18)20)15(2)12-21(23)24-3/h4-13H,1-3H3/b15-12+. The van der Waals surface area contributed by atoms with Crippen molar-refractivity contribution in [3.05, 3.63) is 71.9 Å². The van der Waals surface area contributed by atoms with Gasteiger partial charge < -0.3 is 4.74 Å². The number of carbonyl (C=O) groups excluding carboxylic acids is 1. The molecule has 0 N–H and O–H groups in total. The summed E-state index contributed by atoms with van der Waals surface area (Å²) in [5, 5.41) is 1.10. The normalized spacial score (nSPS) is 11.5. The number of carbonyl (C=O) groups is 1. The highest BCUT2D eigenvalue weighted by Gasteiger charge is 2.08. The van der Waals surface area contributed by atoms with Crippen LogP contribution in [0, 0.1) is 6.92 Å². The van der Waals surface area contributed by atoms with Gasteiger partial charge in [0, 0.05) is 17.7 Å². The van der Waals surface area contributed by atoms with Gasteiger partial charge in [0.25, 0.3) is 0 Å². The van der Waals surface area contributed by atoms with Crippen molar-refractivity contribution >= 4 is 22.4 Å². The molecule has 0 aliphatic carbocycles. The van der Waals surface area contributed by atoms with Crippen molar-refractivity contribution in [1.29, 1.82) is 0 Å². The number of pyridine rings is 1. The Balaban J connectivity index is 2.12. The monoisotopic (exact) mass is 317 g/mol. The summed E-state index contributed by atoms with van der Waals surface area (Å²) in [5.74, 6) is -0.353. The molecule has 0 unspecified atom stereocenters. The van der Waals surface area contributed by atoms with E-state index in [1.807, 2.05) is 43.5 Å². The smallest absolute Gasteiger partial charge is 0.330 e. The van der Waals surface area contributed by atoms with Gasteiger partial charge in [0.1, 0.15) is 0 Å². The third kappa shape index (κ3) is 3.06. The van der Waals surface area contributed by atoms with E-state index in [2.05, 4.69) is 34.8 Å². The van der Waals surface area contributed by atoms with Crippen molar-refractivity contribution in [2.24, 2.45) is 0 Å². The van der Waals surface area contributed by atoms with Crippen molar-refractivity contribution in [1.82, 2.24) is 4.98 Å². The maximum Gasteiger partial charge on any atom is 0.330 e. The van der Waals surface area contributed by atoms with Crippen molar-refractivity contribution in [3.8, 4) is 11.1 Å². The van der Waals surface area contributed by atoms with E-state index in [1.165, 1.54) is 29.9 Å². The van der Waals surface area contributed by atoms with Crippen molar-refractivity contribution in [2.75, 3.05) is 7.11 Å². The molecule has 0 fully saturated rings. The Morgan fingerprint density at radius 2 is 1.88 bits per heavy atom. The minimum Gasteiger partial charge on any atom is -0.466 e. The van der Waals surface area contributed by atoms with E-state index in [1.54, 1.807) is 0 Å². The van der Waals surface area contributed by atoms with Crippen LogP contribution in [-0.2, 0) is 9.53 Å². The Bertz CT molecular complexity index is 941. The Morgan fingerprint density at radius 1 is 1.08 bits per heavy atom. The first-order valence-electron chi connectivity index (χ1n) is 7.81. The Labute approximate surface area is 141 Å². The first kappa shape index (κ1) is 15.9. The van der Waals surface area contributed by atoms with E-state index < -0.39 is 0 Å². The maximum atomic E-state index is 11.4. The van der Waals surface area contributed by atoms with Crippen LogP contribution < -0.4 is 0 Å². The van der Waals surface area contributed by atoms with E-state index in [0.29, 0.717) is 0 Å². The average Bonchev–Trinajstić information content (AvgIpc) is 2.61. The lowest BCUT2D eigenvalue weighted by molar-refractivity contribution is -0.134. The summed E-state index contributed by atoms with van der Waals surface area (Å²) < 4.78 is 4.69. The Kier molecular flexibility index (Phi) is 4.43. The zero-order chi connectivity index (χ0) is 17.1. The third-order valence-corrected chi connectivity index (χ3v) is 4.17. The zero-order valence-corrected chi connectivity index (χ0v) is 14.0. The fourth-order valence-corrected chi connectivity index (χ4v) is 2.82. The molecule has 24 heavy (non-hydrogen) atoms. The SMILES string of the molecule is COC(=O)/C=C(\C)c1ccc2c(-c3ccccc3C)ccnc2c1. The topological polar surface area (TPSA) is 39.2 Å². The second-order valence-corrected chi connectivity index (χ2v) is 5.76. The molecule has 3 rings (SSSR count). The summed E-state index contributed by atoms with van der Waals surface area (Å²) in [4.78, 5) is 15.9. The number of fused-ring (bicyclic) bond motifs is 1. The van der Waals surface area contributed by atoms with Crippen LogP contribution in [0.1, 0.15) is 18.1 Å². The average molecular weight is 317 g/mol. The van der Waals surface area contributed by atoms with Crippen LogP contribution in [0.3, 0.4) is 0 Å². The fraction of sp³-hybridized carbons (Fsp3) is 0.143. The molecule has 3 heteroatoms. The largest absolute Gasteiger partial charge is 0.466 e. The minimum atomic E-state index is -0.353. The van der Waals surface area contributed by atoms with Gasteiger partial charge in [0.2, 0.25) is 0 Å². The molecule has 0 radical (unpaired) electrons. The number of nitrogens with zero attached hydrogens (tertiary/aromatic N) is 1. The van der Waals surface area contributed by atoms with Crippen LogP contribution in [-0.4, -0.2) is 18.1 Å². The lowest BCUT2D eigenvalue weighted by atomic mass is 9.96. The highest BCUT2D eigenvalue weighted by atomic mass is 16.5. The predicted octanol–water partition coefficient (Wildman–Crippen LogP) is 4.79. The minimum absolute atomic E-state index is 0.353. The van der Waals surface area contributed by atoms with E-state index in [9.17, 15) is 4.79 Å². The molecular weight excluding hydrogens is 298 g/mol. The summed E-state index contributed by atoms with van der Waals surface area (Å²) >= 11 is 0. The van der Waals surface area contributed by atoms with Crippen molar-refractivity contribution < 1.29 is 9.53 Å². The van der Waals surface area contributed by atoms with Gasteiger partial charge in [-0.1, -0.05) is 36.4 Å². The lowest BCUT2D eigenvalue weighted by Crippen LogP contribution is -1.96. The Hall–Kier alpha value is -2.94. The molecule has 0 spiro atoms. The number of allylic oxidation sites excluding steroid dienone is 1. The van der Waals surface area contributed by atoms with Gasteiger partial charge in [0.15, 0.2) is 0 Å². The summed E-state index contributed by atoms with van der Waals surface area (Å²) in [7, 11) is 1.38. The molecule has 3 nitrogen and oxygen atoms in total. The fourth-order valence-electron chi connectivity index (χ4n) is 2.82. The second-order valence-electron chi connectivity index (χ2n) is 5.76. The van der Waals surface area contributed by atoms with Crippen LogP contribution in [0.2, 0.25) is 0 Å². The van der Waals surface area contributed by atoms with E-state index in [-0.39, 0.29) is 5.97 Å². The van der Waals surface area contributed by atoms with Crippen molar-refractivity contribution in [2.45, 2.75) is 13.8 Å². The molecule has 0 amide bonds. The lowest BCUT2D eigenvalue weighted by Gasteiger charge is -2.10. The van der Waals surface area contributed by atoms with Crippen LogP contribution >= 0.6 is 0 Å². The van der Waals surface area contributed by atoms with Gasteiger partial charge in [-0.2, -0.15) is 0 Å². The highest BCUT2D eigenvalue weighted by molar-refractivity contribution is 5.97. The van der Waals surface area contributed by atoms with Gasteiger partial charge in [0.05, 0.1) is 12.6 Å². The zero-order valence-electron chi connectivity index (χ0n) is 14.0. The van der Waals surface area contributed by atoms with Crippen LogP contribution in [0.5, 0.6) is 0 Å².